The molecular formula is C14H17ClN2O2. The Hall–Kier alpha value is -1.55. The Kier molecular flexibility index (Phi) is 4.43. The predicted molar refractivity (Wildman–Crippen MR) is 75.6 cm³/mol. The molecule has 5 heteroatoms. The first-order valence-electron chi connectivity index (χ1n) is 6.40. The maximum atomic E-state index is 11.9. The van der Waals surface area contributed by atoms with Crippen molar-refractivity contribution in [3.8, 4) is 0 Å². The number of carbonyl (C=O) groups excluding carboxylic acids is 2. The number of amides is 2. The lowest BCUT2D eigenvalue weighted by Crippen LogP contribution is -2.25. The van der Waals surface area contributed by atoms with Gasteiger partial charge in [-0.15, -0.1) is 11.6 Å². The van der Waals surface area contributed by atoms with Gasteiger partial charge in [0.1, 0.15) is 0 Å². The first kappa shape index (κ1) is 13.9. The van der Waals surface area contributed by atoms with Gasteiger partial charge in [-0.3, -0.25) is 9.59 Å². The zero-order valence-corrected chi connectivity index (χ0v) is 11.6. The normalized spacial score (nSPS) is 18.7. The second kappa shape index (κ2) is 6.06. The lowest BCUT2D eigenvalue weighted by Gasteiger charge is -2.16. The van der Waals surface area contributed by atoms with Crippen molar-refractivity contribution in [3.63, 3.8) is 0 Å². The summed E-state index contributed by atoms with van der Waals surface area (Å²) in [4.78, 5) is 25.2. The number of rotatable bonds is 4. The highest BCUT2D eigenvalue weighted by molar-refractivity contribution is 6.18. The third-order valence-corrected chi connectivity index (χ3v) is 3.64. The molecule has 1 heterocycles. The van der Waals surface area contributed by atoms with Crippen LogP contribution in [0.15, 0.2) is 24.3 Å². The van der Waals surface area contributed by atoms with Crippen LogP contribution < -0.4 is 10.2 Å². The average Bonchev–Trinajstić information content (AvgIpc) is 2.80. The number of nitrogens with one attached hydrogen (secondary N) is 1. The van der Waals surface area contributed by atoms with Gasteiger partial charge in [0.05, 0.1) is 0 Å². The van der Waals surface area contributed by atoms with E-state index in [1.165, 1.54) is 0 Å². The summed E-state index contributed by atoms with van der Waals surface area (Å²) >= 11 is 5.80. The van der Waals surface area contributed by atoms with Gasteiger partial charge in [0.15, 0.2) is 0 Å². The van der Waals surface area contributed by atoms with Gasteiger partial charge in [-0.25, -0.2) is 0 Å². The van der Waals surface area contributed by atoms with Crippen LogP contribution in [-0.4, -0.2) is 30.8 Å². The van der Waals surface area contributed by atoms with Gasteiger partial charge >= 0.3 is 0 Å². The topological polar surface area (TPSA) is 49.4 Å². The summed E-state index contributed by atoms with van der Waals surface area (Å²) in [5, 5.41) is 2.74. The van der Waals surface area contributed by atoms with Gasteiger partial charge < -0.3 is 10.2 Å². The molecule has 1 fully saturated rings. The van der Waals surface area contributed by atoms with Crippen molar-refractivity contribution >= 4 is 29.1 Å². The largest absolute Gasteiger partial charge is 0.352 e. The molecule has 1 aromatic rings. The van der Waals surface area contributed by atoms with Crippen molar-refractivity contribution < 1.29 is 9.59 Å². The summed E-state index contributed by atoms with van der Waals surface area (Å²) < 4.78 is 0. The summed E-state index contributed by atoms with van der Waals surface area (Å²) in [5.74, 6) is 0.716. The van der Waals surface area contributed by atoms with E-state index >= 15 is 0 Å². The molecular weight excluding hydrogens is 264 g/mol. The van der Waals surface area contributed by atoms with Crippen molar-refractivity contribution in [1.29, 1.82) is 0 Å². The van der Waals surface area contributed by atoms with Gasteiger partial charge in [-0.1, -0.05) is 0 Å². The van der Waals surface area contributed by atoms with E-state index in [1.54, 1.807) is 29.2 Å². The Labute approximate surface area is 117 Å². The maximum absolute atomic E-state index is 11.9. The van der Waals surface area contributed by atoms with Crippen molar-refractivity contribution in [2.24, 2.45) is 5.92 Å². The first-order chi connectivity index (χ1) is 9.15. The number of alkyl halides is 1. The molecule has 19 heavy (non-hydrogen) atoms. The predicted octanol–water partition coefficient (Wildman–Crippen LogP) is 2.03. The SMILES string of the molecule is CCNC(=O)c1ccc(N2CC(CCl)CC2=O)cc1. The third kappa shape index (κ3) is 3.07. The van der Waals surface area contributed by atoms with Crippen molar-refractivity contribution in [1.82, 2.24) is 5.32 Å². The van der Waals surface area contributed by atoms with Crippen LogP contribution in [0, 0.1) is 5.92 Å². The highest BCUT2D eigenvalue weighted by Gasteiger charge is 2.29. The van der Waals surface area contributed by atoms with E-state index in [-0.39, 0.29) is 17.7 Å². The van der Waals surface area contributed by atoms with Crippen LogP contribution in [0.2, 0.25) is 0 Å². The number of halogens is 1. The zero-order chi connectivity index (χ0) is 13.8. The zero-order valence-electron chi connectivity index (χ0n) is 10.9. The van der Waals surface area contributed by atoms with E-state index < -0.39 is 0 Å². The lowest BCUT2D eigenvalue weighted by atomic mass is 10.1. The van der Waals surface area contributed by atoms with Crippen LogP contribution >= 0.6 is 11.6 Å². The van der Waals surface area contributed by atoms with Gasteiger partial charge in [0, 0.05) is 36.6 Å². The van der Waals surface area contributed by atoms with Gasteiger partial charge in [-0.2, -0.15) is 0 Å². The molecule has 1 atom stereocenters. The molecule has 0 bridgehead atoms. The van der Waals surface area contributed by atoms with Crippen molar-refractivity contribution in [2.45, 2.75) is 13.3 Å². The minimum atomic E-state index is -0.0968. The minimum Gasteiger partial charge on any atom is -0.352 e. The molecule has 1 saturated heterocycles. The summed E-state index contributed by atoms with van der Waals surface area (Å²) in [6, 6.07) is 7.08. The fourth-order valence-corrected chi connectivity index (χ4v) is 2.40. The number of carbonyl (C=O) groups is 2. The number of hydrogen-bond acceptors (Lipinski definition) is 2. The second-order valence-electron chi connectivity index (χ2n) is 4.64. The monoisotopic (exact) mass is 280 g/mol. The summed E-state index contributed by atoms with van der Waals surface area (Å²) in [6.45, 7) is 3.13. The maximum Gasteiger partial charge on any atom is 0.251 e. The van der Waals surface area contributed by atoms with Gasteiger partial charge in [-0.05, 0) is 37.1 Å². The molecule has 1 unspecified atom stereocenters. The van der Waals surface area contributed by atoms with E-state index in [9.17, 15) is 9.59 Å². The number of benzene rings is 1. The molecule has 1 N–H and O–H groups in total. The van der Waals surface area contributed by atoms with Crippen molar-refractivity contribution in [2.75, 3.05) is 23.9 Å². The van der Waals surface area contributed by atoms with E-state index in [4.69, 9.17) is 11.6 Å². The number of anilines is 1. The Balaban J connectivity index is 2.10. The van der Waals surface area contributed by atoms with Crippen molar-refractivity contribution in [3.05, 3.63) is 29.8 Å². The Morgan fingerprint density at radius 1 is 1.42 bits per heavy atom. The molecule has 1 aromatic carbocycles. The smallest absolute Gasteiger partial charge is 0.251 e. The fraction of sp³-hybridized carbons (Fsp3) is 0.429. The fourth-order valence-electron chi connectivity index (χ4n) is 2.19. The summed E-state index contributed by atoms with van der Waals surface area (Å²) in [7, 11) is 0. The first-order valence-corrected chi connectivity index (χ1v) is 6.93. The van der Waals surface area contributed by atoms with E-state index in [0.29, 0.717) is 31.0 Å². The van der Waals surface area contributed by atoms with Crippen LogP contribution in [0.4, 0.5) is 5.69 Å². The molecule has 0 radical (unpaired) electrons. The molecule has 0 spiro atoms. The Morgan fingerprint density at radius 2 is 2.11 bits per heavy atom. The van der Waals surface area contributed by atoms with Crippen LogP contribution in [-0.2, 0) is 4.79 Å². The molecule has 0 aliphatic carbocycles. The number of hydrogen-bond donors (Lipinski definition) is 1. The number of nitrogens with zero attached hydrogens (tertiary/aromatic N) is 1. The Bertz CT molecular complexity index is 473. The van der Waals surface area contributed by atoms with Gasteiger partial charge in [0.25, 0.3) is 5.91 Å². The molecule has 102 valence electrons. The molecule has 4 nitrogen and oxygen atoms in total. The lowest BCUT2D eigenvalue weighted by molar-refractivity contribution is -0.117. The third-order valence-electron chi connectivity index (χ3n) is 3.20. The standard InChI is InChI=1S/C14H17ClN2O2/c1-2-16-14(19)11-3-5-12(6-4-11)17-9-10(8-15)7-13(17)18/h3-6,10H,2,7-9H2,1H3,(H,16,19). The van der Waals surface area contributed by atoms with Crippen LogP contribution in [0.5, 0.6) is 0 Å². The van der Waals surface area contributed by atoms with Crippen LogP contribution in [0.3, 0.4) is 0 Å². The summed E-state index contributed by atoms with van der Waals surface area (Å²) in [6.07, 6.45) is 0.502. The molecule has 1 aliphatic heterocycles. The molecule has 0 aromatic heterocycles. The second-order valence-corrected chi connectivity index (χ2v) is 4.94. The molecule has 0 saturated carbocycles. The van der Waals surface area contributed by atoms with Gasteiger partial charge in [0.2, 0.25) is 5.91 Å². The van der Waals surface area contributed by atoms with E-state index in [1.807, 2.05) is 6.92 Å². The highest BCUT2D eigenvalue weighted by Crippen LogP contribution is 2.25. The van der Waals surface area contributed by atoms with E-state index in [0.717, 1.165) is 5.69 Å². The Morgan fingerprint density at radius 3 is 2.63 bits per heavy atom. The van der Waals surface area contributed by atoms with E-state index in [2.05, 4.69) is 5.32 Å². The molecule has 2 rings (SSSR count). The highest BCUT2D eigenvalue weighted by atomic mass is 35.5. The van der Waals surface area contributed by atoms with Crippen LogP contribution in [0.25, 0.3) is 0 Å². The summed E-state index contributed by atoms with van der Waals surface area (Å²) in [5.41, 5.74) is 1.43. The minimum absolute atomic E-state index is 0.0939. The molecule has 1 aliphatic rings. The van der Waals surface area contributed by atoms with Crippen LogP contribution in [0.1, 0.15) is 23.7 Å². The quantitative estimate of drug-likeness (QED) is 0.858. The molecule has 2 amide bonds. The average molecular weight is 281 g/mol.